The lowest BCUT2D eigenvalue weighted by atomic mass is 9.87. The van der Waals surface area contributed by atoms with Gasteiger partial charge in [0.25, 0.3) is 0 Å². The number of sulfone groups is 1. The van der Waals surface area contributed by atoms with Gasteiger partial charge in [0.1, 0.15) is 0 Å². The number of likely N-dealkylation sites (tertiary alicyclic amines) is 1. The average molecular weight is 293 g/mol. The van der Waals surface area contributed by atoms with Crippen molar-refractivity contribution >= 4 is 9.84 Å². The molecule has 1 saturated heterocycles. The van der Waals surface area contributed by atoms with Crippen LogP contribution in [0, 0.1) is 6.92 Å². The molecule has 0 saturated carbocycles. The number of nitrogens with zero attached hydrogens (tertiary/aromatic N) is 1. The highest BCUT2D eigenvalue weighted by Crippen LogP contribution is 2.32. The molecule has 0 aliphatic carbocycles. The monoisotopic (exact) mass is 293 g/mol. The summed E-state index contributed by atoms with van der Waals surface area (Å²) in [6.07, 6.45) is 5.39. The van der Waals surface area contributed by atoms with Crippen LogP contribution in [0.1, 0.15) is 29.9 Å². The molecule has 0 radical (unpaired) electrons. The van der Waals surface area contributed by atoms with Gasteiger partial charge in [-0.15, -0.1) is 6.58 Å². The van der Waals surface area contributed by atoms with Crippen LogP contribution in [0.3, 0.4) is 0 Å². The van der Waals surface area contributed by atoms with Gasteiger partial charge in [0.2, 0.25) is 0 Å². The molecule has 1 heterocycles. The summed E-state index contributed by atoms with van der Waals surface area (Å²) in [5, 5.41) is 0. The van der Waals surface area contributed by atoms with Gasteiger partial charge in [0.05, 0.1) is 4.90 Å². The van der Waals surface area contributed by atoms with E-state index in [-0.39, 0.29) is 0 Å². The van der Waals surface area contributed by atoms with Crippen molar-refractivity contribution in [1.82, 2.24) is 4.90 Å². The second-order valence-corrected chi connectivity index (χ2v) is 7.59. The minimum absolute atomic E-state index is 0.470. The Balaban J connectivity index is 2.21. The van der Waals surface area contributed by atoms with E-state index in [2.05, 4.69) is 17.5 Å². The smallest absolute Gasteiger partial charge is 0.175 e. The van der Waals surface area contributed by atoms with Crippen LogP contribution >= 0.6 is 0 Å². The molecule has 1 aromatic rings. The molecule has 3 nitrogen and oxygen atoms in total. The molecule has 1 aromatic carbocycles. The molecule has 2 rings (SSSR count). The third-order valence-electron chi connectivity index (χ3n) is 4.14. The van der Waals surface area contributed by atoms with Crippen molar-refractivity contribution < 1.29 is 8.42 Å². The summed E-state index contributed by atoms with van der Waals surface area (Å²) < 4.78 is 23.6. The number of hydrogen-bond donors (Lipinski definition) is 0. The zero-order valence-corrected chi connectivity index (χ0v) is 13.1. The maximum Gasteiger partial charge on any atom is 0.175 e. The minimum atomic E-state index is -3.14. The number of piperidine rings is 1. The van der Waals surface area contributed by atoms with E-state index < -0.39 is 9.84 Å². The van der Waals surface area contributed by atoms with Crippen molar-refractivity contribution in [3.05, 3.63) is 42.0 Å². The second kappa shape index (κ2) is 6.10. The predicted octanol–water partition coefficient (Wildman–Crippen LogP) is 2.76. The fourth-order valence-corrected chi connectivity index (χ4v) is 4.08. The number of hydrogen-bond acceptors (Lipinski definition) is 3. The van der Waals surface area contributed by atoms with Gasteiger partial charge in [-0.05, 0) is 56.0 Å². The molecule has 1 aliphatic heterocycles. The zero-order valence-electron chi connectivity index (χ0n) is 12.3. The highest BCUT2D eigenvalue weighted by Gasteiger charge is 2.23. The third-order valence-corrected chi connectivity index (χ3v) is 5.38. The summed E-state index contributed by atoms with van der Waals surface area (Å²) in [6, 6.07) is 5.66. The lowest BCUT2D eigenvalue weighted by Gasteiger charge is -2.32. The van der Waals surface area contributed by atoms with Crippen LogP contribution in [0.2, 0.25) is 0 Å². The SMILES string of the molecule is C=CCN1CCC(c2cccc(S(C)(=O)=O)c2C)CC1. The van der Waals surface area contributed by atoms with Gasteiger partial charge < -0.3 is 0 Å². The standard InChI is InChI=1S/C16H23NO2S/c1-4-10-17-11-8-14(9-12-17)15-6-5-7-16(13(15)2)20(3,18)19/h4-7,14H,1,8-12H2,2-3H3. The van der Waals surface area contributed by atoms with Crippen molar-refractivity contribution in [2.75, 3.05) is 25.9 Å². The van der Waals surface area contributed by atoms with E-state index in [1.165, 1.54) is 11.8 Å². The first-order chi connectivity index (χ1) is 9.43. The summed E-state index contributed by atoms with van der Waals surface area (Å²) in [6.45, 7) is 8.76. The summed E-state index contributed by atoms with van der Waals surface area (Å²) in [5.74, 6) is 0.470. The Morgan fingerprint density at radius 2 is 2.00 bits per heavy atom. The minimum Gasteiger partial charge on any atom is -0.300 e. The average Bonchev–Trinajstić information content (AvgIpc) is 2.39. The lowest BCUT2D eigenvalue weighted by Crippen LogP contribution is -2.33. The quantitative estimate of drug-likeness (QED) is 0.801. The molecule has 0 spiro atoms. The molecule has 110 valence electrons. The highest BCUT2D eigenvalue weighted by atomic mass is 32.2. The van der Waals surface area contributed by atoms with Crippen LogP contribution in [-0.2, 0) is 9.84 Å². The lowest BCUT2D eigenvalue weighted by molar-refractivity contribution is 0.232. The molecule has 0 amide bonds. The predicted molar refractivity (Wildman–Crippen MR) is 82.9 cm³/mol. The van der Waals surface area contributed by atoms with Gasteiger partial charge in [-0.1, -0.05) is 18.2 Å². The van der Waals surface area contributed by atoms with E-state index in [4.69, 9.17) is 0 Å². The maximum atomic E-state index is 11.8. The molecular formula is C16H23NO2S. The van der Waals surface area contributed by atoms with Gasteiger partial charge in [0, 0.05) is 12.8 Å². The molecule has 1 aliphatic rings. The van der Waals surface area contributed by atoms with E-state index >= 15 is 0 Å². The molecular weight excluding hydrogens is 270 g/mol. The molecule has 20 heavy (non-hydrogen) atoms. The first kappa shape index (κ1) is 15.3. The Labute approximate surface area is 122 Å². The van der Waals surface area contributed by atoms with E-state index in [0.29, 0.717) is 10.8 Å². The Kier molecular flexibility index (Phi) is 4.66. The van der Waals surface area contributed by atoms with Crippen LogP contribution in [0.15, 0.2) is 35.7 Å². The molecule has 0 unspecified atom stereocenters. The van der Waals surface area contributed by atoms with Crippen LogP contribution in [0.25, 0.3) is 0 Å². The normalized spacial score (nSPS) is 18.1. The van der Waals surface area contributed by atoms with Crippen molar-refractivity contribution in [1.29, 1.82) is 0 Å². The van der Waals surface area contributed by atoms with E-state index in [9.17, 15) is 8.42 Å². The fourth-order valence-electron chi connectivity index (χ4n) is 3.08. The van der Waals surface area contributed by atoms with Gasteiger partial charge in [-0.3, -0.25) is 4.90 Å². The van der Waals surface area contributed by atoms with Gasteiger partial charge >= 0.3 is 0 Å². The molecule has 0 bridgehead atoms. The van der Waals surface area contributed by atoms with Gasteiger partial charge in [-0.25, -0.2) is 8.42 Å². The molecule has 4 heteroatoms. The first-order valence-electron chi connectivity index (χ1n) is 7.06. The van der Waals surface area contributed by atoms with E-state index in [1.807, 2.05) is 19.1 Å². The summed E-state index contributed by atoms with van der Waals surface area (Å²) in [7, 11) is -3.14. The molecule has 0 atom stereocenters. The fraction of sp³-hybridized carbons (Fsp3) is 0.500. The summed E-state index contributed by atoms with van der Waals surface area (Å²) in [5.41, 5.74) is 2.13. The third kappa shape index (κ3) is 3.30. The topological polar surface area (TPSA) is 37.4 Å². The van der Waals surface area contributed by atoms with Gasteiger partial charge in [-0.2, -0.15) is 0 Å². The zero-order chi connectivity index (χ0) is 14.8. The second-order valence-electron chi connectivity index (χ2n) is 5.61. The van der Waals surface area contributed by atoms with Crippen molar-refractivity contribution in [3.8, 4) is 0 Å². The van der Waals surface area contributed by atoms with Gasteiger partial charge in [0.15, 0.2) is 9.84 Å². The Morgan fingerprint density at radius 3 is 2.55 bits per heavy atom. The van der Waals surface area contributed by atoms with Crippen LogP contribution in [-0.4, -0.2) is 39.2 Å². The Hall–Kier alpha value is -1.13. The summed E-state index contributed by atoms with van der Waals surface area (Å²) >= 11 is 0. The van der Waals surface area contributed by atoms with Crippen LogP contribution in [0.4, 0.5) is 0 Å². The van der Waals surface area contributed by atoms with Crippen LogP contribution < -0.4 is 0 Å². The number of rotatable bonds is 4. The van der Waals surface area contributed by atoms with E-state index in [1.54, 1.807) is 6.07 Å². The van der Waals surface area contributed by atoms with Crippen molar-refractivity contribution in [3.63, 3.8) is 0 Å². The van der Waals surface area contributed by atoms with E-state index in [0.717, 1.165) is 38.0 Å². The first-order valence-corrected chi connectivity index (χ1v) is 8.95. The van der Waals surface area contributed by atoms with Crippen molar-refractivity contribution in [2.24, 2.45) is 0 Å². The van der Waals surface area contributed by atoms with Crippen molar-refractivity contribution in [2.45, 2.75) is 30.6 Å². The molecule has 1 fully saturated rings. The highest BCUT2D eigenvalue weighted by molar-refractivity contribution is 7.90. The van der Waals surface area contributed by atoms with Crippen LogP contribution in [0.5, 0.6) is 0 Å². The number of benzene rings is 1. The summed E-state index contributed by atoms with van der Waals surface area (Å²) in [4.78, 5) is 2.86. The molecule has 0 N–H and O–H groups in total. The Bertz CT molecular complexity index is 584. The maximum absolute atomic E-state index is 11.8. The Morgan fingerprint density at radius 1 is 1.35 bits per heavy atom. The largest absolute Gasteiger partial charge is 0.300 e. The molecule has 0 aromatic heterocycles.